The molecule has 1 aliphatic rings. The van der Waals surface area contributed by atoms with Gasteiger partial charge in [-0.25, -0.2) is 9.38 Å². The Morgan fingerprint density at radius 3 is 2.88 bits per heavy atom. The van der Waals surface area contributed by atoms with Crippen LogP contribution in [-0.2, 0) is 11.3 Å². The van der Waals surface area contributed by atoms with E-state index in [1.165, 1.54) is 6.07 Å². The third-order valence-electron chi connectivity index (χ3n) is 4.22. The van der Waals surface area contributed by atoms with E-state index in [0.717, 1.165) is 12.0 Å². The molecule has 0 aliphatic carbocycles. The number of guanidine groups is 1. The number of anilines is 1. The Hall–Kier alpha value is -1.86. The van der Waals surface area contributed by atoms with Gasteiger partial charge in [0.1, 0.15) is 5.82 Å². The van der Waals surface area contributed by atoms with E-state index in [1.54, 1.807) is 6.07 Å². The van der Waals surface area contributed by atoms with E-state index >= 15 is 0 Å². The molecular weight excluding hydrogens is 323 g/mol. The van der Waals surface area contributed by atoms with Gasteiger partial charge in [-0.15, -0.1) is 0 Å². The normalized spacial score (nSPS) is 16.3. The number of rotatable bonds is 8. The fraction of sp³-hybridized carbons (Fsp3) is 0.611. The maximum Gasteiger partial charge on any atom is 0.188 e. The largest absolute Gasteiger partial charge is 0.393 e. The van der Waals surface area contributed by atoms with Crippen molar-refractivity contribution in [3.63, 3.8) is 0 Å². The molecule has 7 heteroatoms. The van der Waals surface area contributed by atoms with Gasteiger partial charge in [-0.05, 0) is 43.9 Å². The highest BCUT2D eigenvalue weighted by molar-refractivity contribution is 5.77. The third kappa shape index (κ3) is 6.51. The number of nitrogens with two attached hydrogens (primary N) is 1. The van der Waals surface area contributed by atoms with Gasteiger partial charge in [0.2, 0.25) is 0 Å². The molecule has 0 radical (unpaired) electrons. The van der Waals surface area contributed by atoms with E-state index in [0.29, 0.717) is 63.9 Å². The van der Waals surface area contributed by atoms with Gasteiger partial charge < -0.3 is 25.8 Å². The van der Waals surface area contributed by atoms with Crippen LogP contribution in [0.2, 0.25) is 0 Å². The SMILES string of the molecule is CCOCCCNC(N)=NCc1ccc(N2CCC(O)CC2)c(F)c1. The molecule has 1 heterocycles. The number of aliphatic hydroxyl groups is 1. The first-order valence-electron chi connectivity index (χ1n) is 8.93. The number of nitrogens with one attached hydrogen (secondary N) is 1. The van der Waals surface area contributed by atoms with Crippen molar-refractivity contribution in [2.45, 2.75) is 38.8 Å². The zero-order valence-corrected chi connectivity index (χ0v) is 14.9. The van der Waals surface area contributed by atoms with E-state index in [1.807, 2.05) is 17.9 Å². The molecule has 0 unspecified atom stereocenters. The molecule has 1 aliphatic heterocycles. The molecule has 25 heavy (non-hydrogen) atoms. The average molecular weight is 352 g/mol. The lowest BCUT2D eigenvalue weighted by molar-refractivity contribution is 0.145. The molecule has 6 nitrogen and oxygen atoms in total. The zero-order valence-electron chi connectivity index (χ0n) is 14.9. The molecule has 0 atom stereocenters. The quantitative estimate of drug-likeness (QED) is 0.376. The molecule has 1 aromatic carbocycles. The van der Waals surface area contributed by atoms with Gasteiger partial charge in [0, 0.05) is 32.8 Å². The second-order valence-corrected chi connectivity index (χ2v) is 6.18. The Morgan fingerprint density at radius 2 is 2.20 bits per heavy atom. The summed E-state index contributed by atoms with van der Waals surface area (Å²) in [4.78, 5) is 6.21. The second-order valence-electron chi connectivity index (χ2n) is 6.18. The van der Waals surface area contributed by atoms with Crippen molar-refractivity contribution >= 4 is 11.6 Å². The first-order chi connectivity index (χ1) is 12.1. The van der Waals surface area contributed by atoms with Crippen molar-refractivity contribution in [1.29, 1.82) is 0 Å². The monoisotopic (exact) mass is 352 g/mol. The van der Waals surface area contributed by atoms with Gasteiger partial charge >= 0.3 is 0 Å². The minimum atomic E-state index is -0.267. The van der Waals surface area contributed by atoms with Crippen LogP contribution in [0.3, 0.4) is 0 Å². The zero-order chi connectivity index (χ0) is 18.1. The number of piperidine rings is 1. The van der Waals surface area contributed by atoms with Crippen molar-refractivity contribution < 1.29 is 14.2 Å². The van der Waals surface area contributed by atoms with Crippen LogP contribution in [-0.4, -0.2) is 50.0 Å². The highest BCUT2D eigenvalue weighted by Gasteiger charge is 2.19. The van der Waals surface area contributed by atoms with Crippen LogP contribution in [0.5, 0.6) is 0 Å². The Labute approximate surface area is 148 Å². The fourth-order valence-electron chi connectivity index (χ4n) is 2.78. The second kappa shape index (κ2) is 10.2. The Kier molecular flexibility index (Phi) is 7.94. The minimum Gasteiger partial charge on any atom is -0.393 e. The summed E-state index contributed by atoms with van der Waals surface area (Å²) in [6.45, 7) is 5.74. The van der Waals surface area contributed by atoms with Crippen molar-refractivity contribution in [2.24, 2.45) is 10.7 Å². The smallest absolute Gasteiger partial charge is 0.188 e. The summed E-state index contributed by atoms with van der Waals surface area (Å²) in [5.41, 5.74) is 7.17. The molecule has 2 rings (SSSR count). The van der Waals surface area contributed by atoms with Crippen molar-refractivity contribution in [3.05, 3.63) is 29.6 Å². The van der Waals surface area contributed by atoms with E-state index < -0.39 is 0 Å². The maximum absolute atomic E-state index is 14.4. The van der Waals surface area contributed by atoms with Gasteiger partial charge in [0.25, 0.3) is 0 Å². The summed E-state index contributed by atoms with van der Waals surface area (Å²) in [5, 5.41) is 12.6. The highest BCUT2D eigenvalue weighted by atomic mass is 19.1. The summed E-state index contributed by atoms with van der Waals surface area (Å²) in [6, 6.07) is 5.16. The molecule has 0 bridgehead atoms. The molecule has 1 aromatic rings. The highest BCUT2D eigenvalue weighted by Crippen LogP contribution is 2.24. The third-order valence-corrected chi connectivity index (χ3v) is 4.22. The van der Waals surface area contributed by atoms with Gasteiger partial charge in [-0.1, -0.05) is 6.07 Å². The van der Waals surface area contributed by atoms with Gasteiger partial charge in [-0.3, -0.25) is 0 Å². The number of aliphatic imine (C=N–C) groups is 1. The first-order valence-corrected chi connectivity index (χ1v) is 8.93. The first kappa shape index (κ1) is 19.5. The molecule has 1 fully saturated rings. The number of hydrogen-bond donors (Lipinski definition) is 3. The van der Waals surface area contributed by atoms with E-state index in [2.05, 4.69) is 10.3 Å². The minimum absolute atomic E-state index is 0.257. The van der Waals surface area contributed by atoms with Crippen LogP contribution in [0, 0.1) is 5.82 Å². The molecule has 0 aromatic heterocycles. The maximum atomic E-state index is 14.4. The lowest BCUT2D eigenvalue weighted by atomic mass is 10.1. The molecule has 0 spiro atoms. The predicted octanol–water partition coefficient (Wildman–Crippen LogP) is 1.62. The van der Waals surface area contributed by atoms with Crippen LogP contribution < -0.4 is 16.0 Å². The van der Waals surface area contributed by atoms with Gasteiger partial charge in [-0.2, -0.15) is 0 Å². The number of nitrogens with zero attached hydrogens (tertiary/aromatic N) is 2. The lowest BCUT2D eigenvalue weighted by Crippen LogP contribution is -2.36. The summed E-state index contributed by atoms with van der Waals surface area (Å²) < 4.78 is 19.6. The summed E-state index contributed by atoms with van der Waals surface area (Å²) in [6.07, 6.45) is 1.95. The summed E-state index contributed by atoms with van der Waals surface area (Å²) in [5.74, 6) is 0.0957. The lowest BCUT2D eigenvalue weighted by Gasteiger charge is -2.31. The average Bonchev–Trinajstić information content (AvgIpc) is 2.61. The van der Waals surface area contributed by atoms with Crippen molar-refractivity contribution in [1.82, 2.24) is 5.32 Å². The molecular formula is C18H29FN4O2. The van der Waals surface area contributed by atoms with E-state index in [-0.39, 0.29) is 11.9 Å². The number of aliphatic hydroxyl groups excluding tert-OH is 1. The van der Waals surface area contributed by atoms with Crippen LogP contribution in [0.15, 0.2) is 23.2 Å². The van der Waals surface area contributed by atoms with Crippen LogP contribution in [0.25, 0.3) is 0 Å². The number of halogens is 1. The van der Waals surface area contributed by atoms with Crippen molar-refractivity contribution in [3.8, 4) is 0 Å². The van der Waals surface area contributed by atoms with Crippen LogP contribution in [0.1, 0.15) is 31.7 Å². The fourth-order valence-corrected chi connectivity index (χ4v) is 2.78. The van der Waals surface area contributed by atoms with Gasteiger partial charge in [0.05, 0.1) is 18.3 Å². The number of ether oxygens (including phenoxy) is 1. The summed E-state index contributed by atoms with van der Waals surface area (Å²) in [7, 11) is 0. The predicted molar refractivity (Wildman–Crippen MR) is 98.3 cm³/mol. The number of benzene rings is 1. The summed E-state index contributed by atoms with van der Waals surface area (Å²) >= 11 is 0. The molecule has 4 N–H and O–H groups in total. The molecule has 1 saturated heterocycles. The topological polar surface area (TPSA) is 83.1 Å². The number of hydrogen-bond acceptors (Lipinski definition) is 4. The molecule has 0 amide bonds. The molecule has 140 valence electrons. The van der Waals surface area contributed by atoms with Gasteiger partial charge in [0.15, 0.2) is 5.96 Å². The van der Waals surface area contributed by atoms with E-state index in [4.69, 9.17) is 10.5 Å². The van der Waals surface area contributed by atoms with Crippen molar-refractivity contribution in [2.75, 3.05) is 37.7 Å². The van der Waals surface area contributed by atoms with Crippen LogP contribution in [0.4, 0.5) is 10.1 Å². The van der Waals surface area contributed by atoms with E-state index in [9.17, 15) is 9.50 Å². The standard InChI is InChI=1S/C18H29FN4O2/c1-2-25-11-3-8-21-18(20)22-13-14-4-5-17(16(19)12-14)23-9-6-15(24)7-10-23/h4-5,12,15,24H,2-3,6-11,13H2,1H3,(H3,20,21,22). The Balaban J connectivity index is 1.82. The Bertz CT molecular complexity index is 560. The van der Waals surface area contributed by atoms with Crippen LogP contribution >= 0.6 is 0 Å². The molecule has 0 saturated carbocycles. The Morgan fingerprint density at radius 1 is 1.44 bits per heavy atom.